The molecule has 3 nitrogen and oxygen atoms in total. The van der Waals surface area contributed by atoms with E-state index < -0.39 is 23.4 Å². The normalized spacial score (nSPS) is 19.4. The molecule has 0 radical (unpaired) electrons. The molecule has 0 bridgehead atoms. The minimum absolute atomic E-state index is 0.0133. The van der Waals surface area contributed by atoms with E-state index >= 15 is 0 Å². The summed E-state index contributed by atoms with van der Waals surface area (Å²) in [5, 5.41) is 2.25. The molecule has 0 aliphatic carbocycles. The van der Waals surface area contributed by atoms with E-state index in [0.29, 0.717) is 10.6 Å². The second kappa shape index (κ2) is 7.85. The Hall–Kier alpha value is -3.12. The highest BCUT2D eigenvalue weighted by atomic mass is 35.5. The van der Waals surface area contributed by atoms with E-state index in [1.165, 1.54) is 19.2 Å². The molecule has 3 aromatic rings. The van der Waals surface area contributed by atoms with E-state index in [0.717, 1.165) is 28.5 Å². The first-order valence-corrected chi connectivity index (χ1v) is 9.84. The topological polar surface area (TPSA) is 38.7 Å². The summed E-state index contributed by atoms with van der Waals surface area (Å²) in [7, 11) is 1.43. The van der Waals surface area contributed by atoms with Crippen LogP contribution in [0.1, 0.15) is 28.2 Å². The molecule has 1 saturated heterocycles. The summed E-state index contributed by atoms with van der Waals surface area (Å²) in [4.78, 5) is 17.2. The number of allylic oxidation sites excluding steroid dienone is 1. The summed E-state index contributed by atoms with van der Waals surface area (Å²) in [6, 6.07) is 14.0. The fourth-order valence-corrected chi connectivity index (χ4v) is 3.99. The Bertz CT molecular complexity index is 1260. The summed E-state index contributed by atoms with van der Waals surface area (Å²) in [6.45, 7) is 1.93. The molecule has 3 aromatic carbocycles. The van der Waals surface area contributed by atoms with Gasteiger partial charge in [-0.25, -0.2) is 0 Å². The number of ketones is 1. The van der Waals surface area contributed by atoms with Crippen LogP contribution < -0.4 is 0 Å². The third-order valence-corrected chi connectivity index (χ3v) is 5.58. The number of benzene rings is 3. The van der Waals surface area contributed by atoms with Crippen LogP contribution in [0.2, 0.25) is 5.02 Å². The molecule has 1 aliphatic heterocycles. The maximum atomic E-state index is 13.2. The van der Waals surface area contributed by atoms with Gasteiger partial charge in [-0.2, -0.15) is 13.2 Å². The fraction of sp³-hybridized carbons (Fsp3) is 0.167. The molecule has 0 saturated carbocycles. The molecule has 1 heterocycles. The number of fused-ring (bicyclic) bond motifs is 1. The van der Waals surface area contributed by atoms with Crippen LogP contribution in [-0.4, -0.2) is 18.7 Å². The zero-order valence-electron chi connectivity index (χ0n) is 16.6. The predicted octanol–water partition coefficient (Wildman–Crippen LogP) is 6.57. The van der Waals surface area contributed by atoms with Gasteiger partial charge >= 0.3 is 6.18 Å². The molecule has 31 heavy (non-hydrogen) atoms. The molecular weight excluding hydrogens is 427 g/mol. The molecule has 0 aromatic heterocycles. The smallest absolute Gasteiger partial charge is 0.416 e. The van der Waals surface area contributed by atoms with Crippen molar-refractivity contribution >= 4 is 40.1 Å². The molecule has 0 N–H and O–H groups in total. The summed E-state index contributed by atoms with van der Waals surface area (Å²) in [6.07, 6.45) is -2.98. The second-order valence-corrected chi connectivity index (χ2v) is 7.63. The standard InChI is InChI=1S/C24H17ClF3NO2/c1-13-5-3-6-14-9-10-18(25)17(20(13)14)12-19-22(30)21(23(29-2)31-19)15-7-4-8-16(11-15)24(26,27)28/h3-12,21H,1-2H3. The van der Waals surface area contributed by atoms with Gasteiger partial charge in [-0.05, 0) is 47.0 Å². The number of Topliss-reactive ketones (excluding diaryl/α,β-unsaturated/α-hetero) is 1. The first-order valence-electron chi connectivity index (χ1n) is 9.46. The highest BCUT2D eigenvalue weighted by molar-refractivity contribution is 6.34. The maximum absolute atomic E-state index is 13.2. The quantitative estimate of drug-likeness (QED) is 0.420. The van der Waals surface area contributed by atoms with Gasteiger partial charge in [0.1, 0.15) is 5.92 Å². The van der Waals surface area contributed by atoms with Crippen molar-refractivity contribution in [3.8, 4) is 0 Å². The van der Waals surface area contributed by atoms with E-state index in [1.54, 1.807) is 12.1 Å². The van der Waals surface area contributed by atoms with Gasteiger partial charge in [0, 0.05) is 17.6 Å². The molecule has 1 fully saturated rings. The molecule has 1 atom stereocenters. The van der Waals surface area contributed by atoms with Crippen LogP contribution in [0.5, 0.6) is 0 Å². The molecule has 1 unspecified atom stereocenters. The Morgan fingerprint density at radius 1 is 1.10 bits per heavy atom. The lowest BCUT2D eigenvalue weighted by atomic mass is 9.93. The lowest BCUT2D eigenvalue weighted by Gasteiger charge is -2.11. The van der Waals surface area contributed by atoms with Crippen LogP contribution in [0.15, 0.2) is 65.3 Å². The number of halogens is 4. The second-order valence-electron chi connectivity index (χ2n) is 7.23. The third kappa shape index (κ3) is 3.83. The van der Waals surface area contributed by atoms with Crippen molar-refractivity contribution in [2.24, 2.45) is 4.99 Å². The van der Waals surface area contributed by atoms with Crippen molar-refractivity contribution in [3.63, 3.8) is 0 Å². The SMILES string of the molecule is CN=C1OC(=Cc2c(Cl)ccc3cccc(C)c23)C(=O)C1c1cccc(C(F)(F)F)c1. The van der Waals surface area contributed by atoms with Crippen molar-refractivity contribution in [2.45, 2.75) is 19.0 Å². The zero-order chi connectivity index (χ0) is 22.3. The van der Waals surface area contributed by atoms with Crippen molar-refractivity contribution < 1.29 is 22.7 Å². The average molecular weight is 444 g/mol. The van der Waals surface area contributed by atoms with Crippen LogP contribution in [0.25, 0.3) is 16.8 Å². The highest BCUT2D eigenvalue weighted by Crippen LogP contribution is 2.37. The molecule has 4 rings (SSSR count). The van der Waals surface area contributed by atoms with Crippen LogP contribution >= 0.6 is 11.6 Å². The lowest BCUT2D eigenvalue weighted by Crippen LogP contribution is -2.14. The Balaban J connectivity index is 1.82. The highest BCUT2D eigenvalue weighted by Gasteiger charge is 2.40. The van der Waals surface area contributed by atoms with E-state index in [1.807, 2.05) is 31.2 Å². The predicted molar refractivity (Wildman–Crippen MR) is 115 cm³/mol. The van der Waals surface area contributed by atoms with E-state index in [4.69, 9.17) is 16.3 Å². The number of alkyl halides is 3. The maximum Gasteiger partial charge on any atom is 0.416 e. The number of hydrogen-bond donors (Lipinski definition) is 0. The Morgan fingerprint density at radius 3 is 2.55 bits per heavy atom. The lowest BCUT2D eigenvalue weighted by molar-refractivity contribution is -0.137. The minimum Gasteiger partial charge on any atom is -0.438 e. The number of carbonyl (C=O) groups is 1. The average Bonchev–Trinajstić information content (AvgIpc) is 3.05. The summed E-state index contributed by atoms with van der Waals surface area (Å²) in [5.74, 6) is -1.49. The van der Waals surface area contributed by atoms with Gasteiger partial charge in [0.2, 0.25) is 11.7 Å². The summed E-state index contributed by atoms with van der Waals surface area (Å²) in [5.41, 5.74) is 0.916. The number of carbonyl (C=O) groups excluding carboxylic acids is 1. The largest absolute Gasteiger partial charge is 0.438 e. The molecular formula is C24H17ClF3NO2. The van der Waals surface area contributed by atoms with Crippen LogP contribution in [-0.2, 0) is 15.7 Å². The van der Waals surface area contributed by atoms with Gasteiger partial charge in [-0.3, -0.25) is 9.79 Å². The van der Waals surface area contributed by atoms with Crippen LogP contribution in [0.4, 0.5) is 13.2 Å². The van der Waals surface area contributed by atoms with Crippen molar-refractivity contribution in [1.29, 1.82) is 0 Å². The van der Waals surface area contributed by atoms with Gasteiger partial charge in [0.25, 0.3) is 0 Å². The van der Waals surface area contributed by atoms with Crippen LogP contribution in [0, 0.1) is 6.92 Å². The van der Waals surface area contributed by atoms with Gasteiger partial charge in [-0.1, -0.05) is 54.1 Å². The van der Waals surface area contributed by atoms with Gasteiger partial charge in [0.15, 0.2) is 5.76 Å². The summed E-state index contributed by atoms with van der Waals surface area (Å²) >= 11 is 6.43. The zero-order valence-corrected chi connectivity index (χ0v) is 17.4. The number of hydrogen-bond acceptors (Lipinski definition) is 3. The van der Waals surface area contributed by atoms with E-state index in [9.17, 15) is 18.0 Å². The molecule has 0 spiro atoms. The van der Waals surface area contributed by atoms with Gasteiger partial charge in [0.05, 0.1) is 5.56 Å². The van der Waals surface area contributed by atoms with Gasteiger partial charge in [-0.15, -0.1) is 0 Å². The fourth-order valence-electron chi connectivity index (χ4n) is 3.78. The number of ether oxygens (including phenoxy) is 1. The molecule has 0 amide bonds. The first-order chi connectivity index (χ1) is 14.7. The molecule has 158 valence electrons. The van der Waals surface area contributed by atoms with Crippen molar-refractivity contribution in [3.05, 3.63) is 87.6 Å². The Labute approximate surface area is 181 Å². The summed E-state index contributed by atoms with van der Waals surface area (Å²) < 4.78 is 45.1. The van der Waals surface area contributed by atoms with E-state index in [-0.39, 0.29) is 17.2 Å². The third-order valence-electron chi connectivity index (χ3n) is 5.25. The molecule has 7 heteroatoms. The van der Waals surface area contributed by atoms with Crippen LogP contribution in [0.3, 0.4) is 0 Å². The van der Waals surface area contributed by atoms with Crippen molar-refractivity contribution in [2.75, 3.05) is 7.05 Å². The number of aryl methyl sites for hydroxylation is 1. The number of rotatable bonds is 2. The number of nitrogens with zero attached hydrogens (tertiary/aromatic N) is 1. The number of aliphatic imine (C=N–C) groups is 1. The molecule has 1 aliphatic rings. The van der Waals surface area contributed by atoms with E-state index in [2.05, 4.69) is 4.99 Å². The monoisotopic (exact) mass is 443 g/mol. The van der Waals surface area contributed by atoms with Crippen molar-refractivity contribution in [1.82, 2.24) is 0 Å². The Kier molecular flexibility index (Phi) is 5.35. The minimum atomic E-state index is -4.52. The first kappa shape index (κ1) is 21.1. The Morgan fingerprint density at radius 2 is 1.84 bits per heavy atom. The van der Waals surface area contributed by atoms with Gasteiger partial charge < -0.3 is 4.74 Å².